The number of aromatic nitrogens is 1. The number of para-hydroxylation sites is 1. The summed E-state index contributed by atoms with van der Waals surface area (Å²) in [5.74, 6) is 0.356. The number of ether oxygens (including phenoxy) is 1. The van der Waals surface area contributed by atoms with Crippen LogP contribution in [-0.4, -0.2) is 29.9 Å². The van der Waals surface area contributed by atoms with Gasteiger partial charge in [0, 0.05) is 31.9 Å². The smallest absolute Gasteiger partial charge is 0.257 e. The molecule has 2 amide bonds. The molecule has 1 aromatic heterocycles. The van der Waals surface area contributed by atoms with Crippen molar-refractivity contribution in [3.05, 3.63) is 59.4 Å². The fourth-order valence-corrected chi connectivity index (χ4v) is 2.32. The van der Waals surface area contributed by atoms with Crippen molar-refractivity contribution < 1.29 is 14.3 Å². The number of nitrogens with zero attached hydrogens (tertiary/aromatic N) is 1. The van der Waals surface area contributed by atoms with Crippen LogP contribution in [0.4, 0.5) is 0 Å². The molecule has 0 aliphatic heterocycles. The van der Waals surface area contributed by atoms with E-state index >= 15 is 0 Å². The first kappa shape index (κ1) is 18.4. The zero-order valence-corrected chi connectivity index (χ0v) is 14.5. The Kier molecular flexibility index (Phi) is 6.95. The van der Waals surface area contributed by atoms with E-state index in [1.807, 2.05) is 44.2 Å². The summed E-state index contributed by atoms with van der Waals surface area (Å²) in [5, 5.41) is 5.47. The zero-order valence-electron chi connectivity index (χ0n) is 14.5. The summed E-state index contributed by atoms with van der Waals surface area (Å²) in [5.41, 5.74) is 2.91. The Morgan fingerprint density at radius 2 is 1.80 bits per heavy atom. The second-order valence-electron chi connectivity index (χ2n) is 5.75. The van der Waals surface area contributed by atoms with E-state index in [9.17, 15) is 9.59 Å². The zero-order chi connectivity index (χ0) is 18.1. The molecular weight excluding hydrogens is 318 g/mol. The number of carbonyl (C=O) groups excluding carboxylic acids is 2. The van der Waals surface area contributed by atoms with Gasteiger partial charge in [-0.2, -0.15) is 0 Å². The maximum absolute atomic E-state index is 11.8. The van der Waals surface area contributed by atoms with E-state index in [0.29, 0.717) is 6.54 Å². The lowest BCUT2D eigenvalue weighted by Gasteiger charge is -2.12. The Morgan fingerprint density at radius 1 is 1.04 bits per heavy atom. The number of nitrogens with one attached hydrogen (secondary N) is 2. The van der Waals surface area contributed by atoms with Crippen molar-refractivity contribution in [3.8, 4) is 5.75 Å². The standard InChI is InChI=1S/C19H23N3O3/c1-14-5-3-6-15(2)19(14)25-13-18(24)21-10-8-17(23)22-12-16-7-4-9-20-11-16/h3-7,9,11H,8,10,12-13H2,1-2H3,(H,21,24)(H,22,23). The summed E-state index contributed by atoms with van der Waals surface area (Å²) >= 11 is 0. The number of hydrogen-bond acceptors (Lipinski definition) is 4. The van der Waals surface area contributed by atoms with Crippen molar-refractivity contribution in [1.29, 1.82) is 0 Å². The summed E-state index contributed by atoms with van der Waals surface area (Å²) in [6, 6.07) is 9.53. The molecule has 2 aromatic rings. The maximum atomic E-state index is 11.8. The number of amides is 2. The first-order valence-electron chi connectivity index (χ1n) is 8.17. The van der Waals surface area contributed by atoms with Crippen molar-refractivity contribution >= 4 is 11.8 Å². The van der Waals surface area contributed by atoms with Crippen molar-refractivity contribution in [3.63, 3.8) is 0 Å². The Balaban J connectivity index is 1.64. The number of carbonyl (C=O) groups is 2. The SMILES string of the molecule is Cc1cccc(C)c1OCC(=O)NCCC(=O)NCc1cccnc1. The normalized spacial score (nSPS) is 10.2. The molecule has 0 bridgehead atoms. The van der Waals surface area contributed by atoms with E-state index in [-0.39, 0.29) is 31.4 Å². The highest BCUT2D eigenvalue weighted by molar-refractivity contribution is 5.79. The minimum Gasteiger partial charge on any atom is -0.483 e. The topological polar surface area (TPSA) is 80.3 Å². The highest BCUT2D eigenvalue weighted by atomic mass is 16.5. The third-order valence-electron chi connectivity index (χ3n) is 3.64. The quantitative estimate of drug-likeness (QED) is 0.768. The maximum Gasteiger partial charge on any atom is 0.257 e. The number of benzene rings is 1. The van der Waals surface area contributed by atoms with Crippen LogP contribution in [-0.2, 0) is 16.1 Å². The summed E-state index contributed by atoms with van der Waals surface area (Å²) in [7, 11) is 0. The molecule has 2 N–H and O–H groups in total. The van der Waals surface area contributed by atoms with Crippen LogP contribution >= 0.6 is 0 Å². The molecule has 0 radical (unpaired) electrons. The molecule has 132 valence electrons. The third kappa shape index (κ3) is 6.25. The Bertz CT molecular complexity index is 697. The minimum absolute atomic E-state index is 0.0665. The van der Waals surface area contributed by atoms with Crippen LogP contribution in [0.15, 0.2) is 42.7 Å². The highest BCUT2D eigenvalue weighted by Gasteiger charge is 2.08. The Morgan fingerprint density at radius 3 is 2.48 bits per heavy atom. The molecule has 0 atom stereocenters. The van der Waals surface area contributed by atoms with E-state index in [1.165, 1.54) is 0 Å². The van der Waals surface area contributed by atoms with Crippen LogP contribution in [0.25, 0.3) is 0 Å². The van der Waals surface area contributed by atoms with Gasteiger partial charge in [-0.05, 0) is 36.6 Å². The molecule has 6 heteroatoms. The second kappa shape index (κ2) is 9.42. The third-order valence-corrected chi connectivity index (χ3v) is 3.64. The lowest BCUT2D eigenvalue weighted by Crippen LogP contribution is -2.33. The van der Waals surface area contributed by atoms with Crippen LogP contribution in [0.3, 0.4) is 0 Å². The molecule has 1 heterocycles. The van der Waals surface area contributed by atoms with Gasteiger partial charge in [-0.25, -0.2) is 0 Å². The first-order chi connectivity index (χ1) is 12.1. The van der Waals surface area contributed by atoms with Gasteiger partial charge < -0.3 is 15.4 Å². The average molecular weight is 341 g/mol. The van der Waals surface area contributed by atoms with Crippen LogP contribution in [0.1, 0.15) is 23.1 Å². The van der Waals surface area contributed by atoms with E-state index in [2.05, 4.69) is 15.6 Å². The van der Waals surface area contributed by atoms with Crippen LogP contribution in [0.5, 0.6) is 5.75 Å². The lowest BCUT2D eigenvalue weighted by atomic mass is 10.1. The molecule has 0 aliphatic rings. The molecule has 0 saturated heterocycles. The summed E-state index contributed by atoms with van der Waals surface area (Å²) < 4.78 is 5.57. The van der Waals surface area contributed by atoms with Gasteiger partial charge in [0.1, 0.15) is 5.75 Å². The predicted molar refractivity (Wildman–Crippen MR) is 95.1 cm³/mol. The average Bonchev–Trinajstić information content (AvgIpc) is 2.60. The molecule has 0 aliphatic carbocycles. The highest BCUT2D eigenvalue weighted by Crippen LogP contribution is 2.21. The van der Waals surface area contributed by atoms with Crippen LogP contribution < -0.4 is 15.4 Å². The lowest BCUT2D eigenvalue weighted by molar-refractivity contribution is -0.123. The summed E-state index contributed by atoms with van der Waals surface area (Å²) in [4.78, 5) is 27.6. The first-order valence-corrected chi connectivity index (χ1v) is 8.17. The number of hydrogen-bond donors (Lipinski definition) is 2. The fourth-order valence-electron chi connectivity index (χ4n) is 2.32. The second-order valence-corrected chi connectivity index (χ2v) is 5.75. The molecule has 0 spiro atoms. The van der Waals surface area contributed by atoms with Gasteiger partial charge in [-0.15, -0.1) is 0 Å². The van der Waals surface area contributed by atoms with E-state index < -0.39 is 0 Å². The van der Waals surface area contributed by atoms with Crippen molar-refractivity contribution in [2.24, 2.45) is 0 Å². The largest absolute Gasteiger partial charge is 0.483 e. The van der Waals surface area contributed by atoms with E-state index in [4.69, 9.17) is 4.74 Å². The minimum atomic E-state index is -0.247. The molecule has 0 unspecified atom stereocenters. The molecule has 1 aromatic carbocycles. The molecular formula is C19H23N3O3. The molecule has 2 rings (SSSR count). The molecule has 0 saturated carbocycles. The van der Waals surface area contributed by atoms with Gasteiger partial charge in [0.25, 0.3) is 5.91 Å². The predicted octanol–water partition coefficient (Wildman–Crippen LogP) is 1.90. The van der Waals surface area contributed by atoms with E-state index in [0.717, 1.165) is 22.4 Å². The summed E-state index contributed by atoms with van der Waals surface area (Å²) in [6.07, 6.45) is 3.60. The van der Waals surface area contributed by atoms with Crippen molar-refractivity contribution in [2.75, 3.05) is 13.2 Å². The van der Waals surface area contributed by atoms with Gasteiger partial charge in [0.05, 0.1) is 0 Å². The van der Waals surface area contributed by atoms with Gasteiger partial charge in [0.2, 0.25) is 5.91 Å². The van der Waals surface area contributed by atoms with Crippen molar-refractivity contribution in [2.45, 2.75) is 26.8 Å². The fraction of sp³-hybridized carbons (Fsp3) is 0.316. The Labute approximate surface area is 147 Å². The molecule has 25 heavy (non-hydrogen) atoms. The monoisotopic (exact) mass is 341 g/mol. The van der Waals surface area contributed by atoms with E-state index in [1.54, 1.807) is 12.4 Å². The molecule has 0 fully saturated rings. The van der Waals surface area contributed by atoms with Crippen molar-refractivity contribution in [1.82, 2.24) is 15.6 Å². The Hall–Kier alpha value is -2.89. The number of rotatable bonds is 8. The van der Waals surface area contributed by atoms with Crippen LogP contribution in [0.2, 0.25) is 0 Å². The van der Waals surface area contributed by atoms with Gasteiger partial charge in [-0.1, -0.05) is 24.3 Å². The molecule has 6 nitrogen and oxygen atoms in total. The van der Waals surface area contributed by atoms with Gasteiger partial charge in [-0.3, -0.25) is 14.6 Å². The van der Waals surface area contributed by atoms with Crippen LogP contribution in [0, 0.1) is 13.8 Å². The number of pyridine rings is 1. The van der Waals surface area contributed by atoms with Gasteiger partial charge >= 0.3 is 0 Å². The summed E-state index contributed by atoms with van der Waals surface area (Å²) in [6.45, 7) is 4.51. The van der Waals surface area contributed by atoms with Gasteiger partial charge in [0.15, 0.2) is 6.61 Å². The number of aryl methyl sites for hydroxylation is 2.